The maximum absolute atomic E-state index is 12.1. The molecule has 0 radical (unpaired) electrons. The Hall–Kier alpha value is -1.50. The number of carbonyl (C=O) groups is 3. The summed E-state index contributed by atoms with van der Waals surface area (Å²) in [6, 6.07) is 4.84. The molecule has 2 rings (SSSR count). The molecule has 0 spiro atoms. The minimum Gasteiger partial charge on any atom is -0.468 e. The van der Waals surface area contributed by atoms with E-state index < -0.39 is 23.7 Å². The highest BCUT2D eigenvalue weighted by molar-refractivity contribution is 8.18. The fraction of sp³-hybridized carbons (Fsp3) is 0.154. The van der Waals surface area contributed by atoms with Crippen molar-refractivity contribution in [1.29, 1.82) is 0 Å². The molecular weight excluding hydrogens is 337 g/mol. The summed E-state index contributed by atoms with van der Waals surface area (Å²) in [7, 11) is 1.19. The number of nitrogens with zero attached hydrogens (tertiary/aromatic N) is 1. The molecule has 2 amide bonds. The molecule has 0 unspecified atom stereocenters. The molecular formula is C13H9Cl2NO4S. The number of rotatable bonds is 3. The predicted octanol–water partition coefficient (Wildman–Crippen LogP) is 3.20. The van der Waals surface area contributed by atoms with Crippen LogP contribution in [-0.4, -0.2) is 35.7 Å². The molecule has 1 heterocycles. The van der Waals surface area contributed by atoms with Crippen LogP contribution in [0.2, 0.25) is 10.0 Å². The molecule has 0 atom stereocenters. The van der Waals surface area contributed by atoms with Gasteiger partial charge in [0.05, 0.1) is 22.1 Å². The van der Waals surface area contributed by atoms with Gasteiger partial charge in [-0.25, -0.2) is 0 Å². The molecule has 110 valence electrons. The first-order valence-corrected chi connectivity index (χ1v) is 7.27. The lowest BCUT2D eigenvalue weighted by Crippen LogP contribution is -2.34. The molecule has 1 aliphatic rings. The lowest BCUT2D eigenvalue weighted by atomic mass is 10.2. The summed E-state index contributed by atoms with van der Waals surface area (Å²) in [5.74, 6) is -1.20. The average molecular weight is 346 g/mol. The molecule has 1 aliphatic heterocycles. The fourth-order valence-corrected chi connectivity index (χ4v) is 2.73. The Bertz CT molecular complexity index is 660. The van der Waals surface area contributed by atoms with Crippen molar-refractivity contribution >= 4 is 58.2 Å². The molecule has 1 aromatic rings. The molecule has 1 saturated heterocycles. The van der Waals surface area contributed by atoms with E-state index in [1.807, 2.05) is 0 Å². The van der Waals surface area contributed by atoms with Gasteiger partial charge in [0.1, 0.15) is 6.54 Å². The molecule has 8 heteroatoms. The monoisotopic (exact) mass is 345 g/mol. The van der Waals surface area contributed by atoms with Gasteiger partial charge >= 0.3 is 5.97 Å². The summed E-state index contributed by atoms with van der Waals surface area (Å²) >= 11 is 12.5. The maximum atomic E-state index is 12.1. The van der Waals surface area contributed by atoms with Crippen molar-refractivity contribution < 1.29 is 19.1 Å². The number of imide groups is 1. The summed E-state index contributed by atoms with van der Waals surface area (Å²) in [5, 5.41) is 0.225. The molecule has 0 bridgehead atoms. The van der Waals surface area contributed by atoms with Crippen LogP contribution in [0.15, 0.2) is 23.1 Å². The van der Waals surface area contributed by atoms with Gasteiger partial charge in [-0.1, -0.05) is 29.3 Å². The highest BCUT2D eigenvalue weighted by Crippen LogP contribution is 2.33. The number of methoxy groups -OCH3 is 1. The van der Waals surface area contributed by atoms with Gasteiger partial charge in [0.15, 0.2) is 0 Å². The quantitative estimate of drug-likeness (QED) is 0.621. The topological polar surface area (TPSA) is 63.7 Å². The number of esters is 1. The molecule has 21 heavy (non-hydrogen) atoms. The highest BCUT2D eigenvalue weighted by Gasteiger charge is 2.36. The number of carbonyl (C=O) groups excluding carboxylic acids is 3. The Morgan fingerprint density at radius 3 is 2.67 bits per heavy atom. The summed E-state index contributed by atoms with van der Waals surface area (Å²) in [6.45, 7) is -0.403. The van der Waals surface area contributed by atoms with E-state index in [9.17, 15) is 14.4 Å². The highest BCUT2D eigenvalue weighted by atomic mass is 35.5. The van der Waals surface area contributed by atoms with Gasteiger partial charge in [0.25, 0.3) is 11.1 Å². The third kappa shape index (κ3) is 3.58. The largest absolute Gasteiger partial charge is 0.468 e. The van der Waals surface area contributed by atoms with Crippen molar-refractivity contribution in [2.24, 2.45) is 0 Å². The van der Waals surface area contributed by atoms with Crippen molar-refractivity contribution in [3.05, 3.63) is 38.7 Å². The van der Waals surface area contributed by atoms with E-state index in [1.165, 1.54) is 13.2 Å². The van der Waals surface area contributed by atoms with Gasteiger partial charge in [-0.05, 0) is 35.5 Å². The van der Waals surface area contributed by atoms with Gasteiger partial charge in [-0.3, -0.25) is 19.3 Å². The molecule has 0 aliphatic carbocycles. The summed E-state index contributed by atoms with van der Waals surface area (Å²) < 4.78 is 4.45. The van der Waals surface area contributed by atoms with E-state index in [1.54, 1.807) is 18.2 Å². The Morgan fingerprint density at radius 2 is 2.05 bits per heavy atom. The SMILES string of the molecule is COC(=O)CN1C(=O)SC(=Cc2ccc(Cl)c(Cl)c2)C1=O. The van der Waals surface area contributed by atoms with E-state index >= 15 is 0 Å². The minimum atomic E-state index is -0.659. The van der Waals surface area contributed by atoms with Gasteiger partial charge in [-0.2, -0.15) is 0 Å². The molecule has 0 N–H and O–H groups in total. The molecule has 0 saturated carbocycles. The Balaban J connectivity index is 2.23. The molecule has 5 nitrogen and oxygen atoms in total. The molecule has 1 aromatic carbocycles. The lowest BCUT2D eigenvalue weighted by molar-refractivity contribution is -0.143. The first kappa shape index (κ1) is 15.9. The zero-order valence-corrected chi connectivity index (χ0v) is 13.1. The standard InChI is InChI=1S/C13H9Cl2NO4S/c1-20-11(17)6-16-12(18)10(21-13(16)19)5-7-2-3-8(14)9(15)4-7/h2-5H,6H2,1H3. The lowest BCUT2D eigenvalue weighted by Gasteiger charge is -2.09. The van der Waals surface area contributed by atoms with E-state index in [4.69, 9.17) is 23.2 Å². The van der Waals surface area contributed by atoms with Crippen molar-refractivity contribution in [2.75, 3.05) is 13.7 Å². The zero-order valence-electron chi connectivity index (χ0n) is 10.8. The normalized spacial score (nSPS) is 16.7. The van der Waals surface area contributed by atoms with Crippen molar-refractivity contribution in [3.8, 4) is 0 Å². The zero-order chi connectivity index (χ0) is 15.6. The predicted molar refractivity (Wildman–Crippen MR) is 81.2 cm³/mol. The van der Waals surface area contributed by atoms with Crippen molar-refractivity contribution in [2.45, 2.75) is 0 Å². The van der Waals surface area contributed by atoms with Gasteiger partial charge < -0.3 is 4.74 Å². The summed E-state index contributed by atoms with van der Waals surface area (Å²) in [4.78, 5) is 36.0. The van der Waals surface area contributed by atoms with E-state index in [2.05, 4.69) is 4.74 Å². The van der Waals surface area contributed by atoms with E-state index in [0.717, 1.165) is 16.7 Å². The third-order valence-corrected chi connectivity index (χ3v) is 4.28. The van der Waals surface area contributed by atoms with Crippen LogP contribution in [0.5, 0.6) is 0 Å². The summed E-state index contributed by atoms with van der Waals surface area (Å²) in [6.07, 6.45) is 1.52. The van der Waals surface area contributed by atoms with Crippen molar-refractivity contribution in [3.63, 3.8) is 0 Å². The number of thioether (sulfide) groups is 1. The van der Waals surface area contributed by atoms with Gasteiger partial charge in [0, 0.05) is 0 Å². The van der Waals surface area contributed by atoms with E-state index in [-0.39, 0.29) is 4.91 Å². The number of halogens is 2. The van der Waals surface area contributed by atoms with E-state index in [0.29, 0.717) is 15.6 Å². The second-order valence-corrected chi connectivity index (χ2v) is 5.83. The number of benzene rings is 1. The second kappa shape index (κ2) is 6.51. The van der Waals surface area contributed by atoms with Crippen molar-refractivity contribution in [1.82, 2.24) is 4.90 Å². The Labute approximate surface area is 134 Å². The smallest absolute Gasteiger partial charge is 0.325 e. The Morgan fingerprint density at radius 1 is 1.33 bits per heavy atom. The van der Waals surface area contributed by atoms with Crippen LogP contribution in [0.4, 0.5) is 4.79 Å². The minimum absolute atomic E-state index is 0.210. The van der Waals surface area contributed by atoms with Crippen LogP contribution in [0.25, 0.3) is 6.08 Å². The number of amides is 2. The van der Waals surface area contributed by atoms with Gasteiger partial charge in [0.2, 0.25) is 0 Å². The van der Waals surface area contributed by atoms with Crippen LogP contribution in [0.1, 0.15) is 5.56 Å². The first-order chi connectivity index (χ1) is 9.92. The molecule has 1 fully saturated rings. The van der Waals surface area contributed by atoms with Crippen LogP contribution >= 0.6 is 35.0 Å². The van der Waals surface area contributed by atoms with Gasteiger partial charge in [-0.15, -0.1) is 0 Å². The fourth-order valence-electron chi connectivity index (χ4n) is 1.58. The number of hydrogen-bond acceptors (Lipinski definition) is 5. The number of hydrogen-bond donors (Lipinski definition) is 0. The van der Waals surface area contributed by atoms with Crippen LogP contribution in [0.3, 0.4) is 0 Å². The maximum Gasteiger partial charge on any atom is 0.325 e. The van der Waals surface area contributed by atoms with Crippen LogP contribution in [-0.2, 0) is 14.3 Å². The molecule has 0 aromatic heterocycles. The second-order valence-electron chi connectivity index (χ2n) is 4.02. The first-order valence-electron chi connectivity index (χ1n) is 5.69. The van der Waals surface area contributed by atoms with Crippen LogP contribution in [0, 0.1) is 0 Å². The van der Waals surface area contributed by atoms with Crippen LogP contribution < -0.4 is 0 Å². The third-order valence-electron chi connectivity index (χ3n) is 2.63. The average Bonchev–Trinajstić information content (AvgIpc) is 2.70. The summed E-state index contributed by atoms with van der Waals surface area (Å²) in [5.41, 5.74) is 0.632. The number of ether oxygens (including phenoxy) is 1. The Kier molecular flexibility index (Phi) is 4.92.